The molecule has 8 aromatic rings. The van der Waals surface area contributed by atoms with Crippen LogP contribution >= 0.6 is 27.5 Å². The van der Waals surface area contributed by atoms with Crippen LogP contribution < -0.4 is 42.2 Å². The first kappa shape index (κ1) is 82.3. The molecule has 28 heteroatoms. The van der Waals surface area contributed by atoms with E-state index in [1.807, 2.05) is 245 Å². The Hall–Kier alpha value is -7.24. The van der Waals surface area contributed by atoms with E-state index < -0.39 is 53.7 Å². The van der Waals surface area contributed by atoms with E-state index in [1.54, 1.807) is 18.2 Å². The molecule has 2 N–H and O–H groups in total. The number of aryl methyl sites for hydroxylation is 2. The van der Waals surface area contributed by atoms with Gasteiger partial charge in [0.15, 0.2) is 28.7 Å². The van der Waals surface area contributed by atoms with Crippen LogP contribution in [0.1, 0.15) is 213 Å². The van der Waals surface area contributed by atoms with E-state index in [4.69, 9.17) is 72.4 Å². The van der Waals surface area contributed by atoms with Crippen LogP contribution in [0.25, 0.3) is 22.2 Å². The van der Waals surface area contributed by atoms with Gasteiger partial charge >= 0.3 is 21.4 Å². The van der Waals surface area contributed by atoms with Gasteiger partial charge in [-0.15, -0.1) is 10.5 Å². The van der Waals surface area contributed by atoms with Crippen LogP contribution in [0.3, 0.4) is 0 Å². The van der Waals surface area contributed by atoms with Crippen LogP contribution in [-0.4, -0.2) is 111 Å². The maximum Gasteiger partial charge on any atom is 0.494 e. The normalized spacial score (nSPS) is 20.7. The number of nitrogens with one attached hydrogen (secondary N) is 2. The number of carbonyl (C=O) groups is 3. The van der Waals surface area contributed by atoms with Crippen LogP contribution in [0, 0.1) is 19.7 Å². The van der Waals surface area contributed by atoms with Crippen molar-refractivity contribution in [3.05, 3.63) is 164 Å². The van der Waals surface area contributed by atoms with Gasteiger partial charge in [-0.1, -0.05) is 51.8 Å². The number of rotatable bonds is 8. The fourth-order valence-corrected chi connectivity index (χ4v) is 11.9. The number of hydrogen-bond acceptors (Lipinski definition) is 20. The van der Waals surface area contributed by atoms with Crippen molar-refractivity contribution in [1.82, 2.24) is 20.6 Å². The third kappa shape index (κ3) is 17.8. The summed E-state index contributed by atoms with van der Waals surface area (Å²) in [4.78, 5) is 66.2. The van der Waals surface area contributed by atoms with Crippen molar-refractivity contribution in [1.29, 1.82) is 0 Å². The number of amides is 2. The first-order valence-corrected chi connectivity index (χ1v) is 37.0. The molecule has 107 heavy (non-hydrogen) atoms. The molecule has 7 aliphatic rings. The van der Waals surface area contributed by atoms with Crippen molar-refractivity contribution < 1.29 is 79.6 Å². The second-order valence-electron chi connectivity index (χ2n) is 32.7. The van der Waals surface area contributed by atoms with E-state index in [1.165, 1.54) is 29.5 Å². The molecule has 15 rings (SSSR count). The molecule has 22 nitrogen and oxygen atoms in total. The molecule has 5 fully saturated rings. The van der Waals surface area contributed by atoms with Gasteiger partial charge < -0.3 is 52.1 Å². The summed E-state index contributed by atoms with van der Waals surface area (Å²) in [6.07, 6.45) is 0.0928. The van der Waals surface area contributed by atoms with E-state index in [0.29, 0.717) is 46.7 Å². The van der Waals surface area contributed by atoms with Crippen molar-refractivity contribution in [3.63, 3.8) is 0 Å². The summed E-state index contributed by atoms with van der Waals surface area (Å²) in [6, 6.07) is 32.9. The number of aromatic nitrogens is 2. The second-order valence-corrected chi connectivity index (χ2v) is 34.0. The van der Waals surface area contributed by atoms with Crippen molar-refractivity contribution in [3.8, 4) is 5.75 Å². The Morgan fingerprint density at radius 3 is 1.34 bits per heavy atom. The molecule has 6 aromatic carbocycles. The zero-order valence-corrected chi connectivity index (χ0v) is 68.4. The number of benzene rings is 6. The highest BCUT2D eigenvalue weighted by molar-refractivity contribution is 9.10. The van der Waals surface area contributed by atoms with E-state index in [9.17, 15) is 18.8 Å². The number of nitrogens with zero attached hydrogens (tertiary/aromatic N) is 4. The minimum Gasteiger partial charge on any atom is -0.489 e. The van der Waals surface area contributed by atoms with Gasteiger partial charge in [0.25, 0.3) is 11.8 Å². The van der Waals surface area contributed by atoms with Crippen LogP contribution in [0.4, 0.5) is 15.8 Å². The Balaban J connectivity index is 0.000000138. The summed E-state index contributed by atoms with van der Waals surface area (Å²) >= 11 is 9.61. The standard InChI is InChI=1S/C15H22BClO3.C14H18BFO3.C14H18BNO3.2C14H18N2O3.C8H6BrNO/c1-10(2)18-13-8-7-11(9-12(13)17)16-19-14(3,4)15(5,6)20-16;1-9(17)11-7-6-10(8-12(11)16)15-18-13(2,3)14(4,5)19-15;1-9-16-11-7-6-10(8-12(11)17-9)15-18-13(2,3)14(4,5)19-15;1-13(2)14(3,4)19-16(18-13)10-5-6-11-9(7-10)8-15-12(11)17;1-13(2)14(3,4)19-16(18-13)10-6-5-9-8-15-12(17)11(9)7-10;1-5-10-7-3-2-6(9)4-8(7)11-5/h7-10H,1-6H3;2*6-8H,1-5H3;2*5-7H,8H2,1-4H3,(H,15,17);2-4H,1H3. The van der Waals surface area contributed by atoms with Gasteiger partial charge in [-0.2, -0.15) is 0 Å². The lowest BCUT2D eigenvalue weighted by atomic mass is 9.78. The summed E-state index contributed by atoms with van der Waals surface area (Å²) in [7, 11) is -1.37. The fourth-order valence-electron chi connectivity index (χ4n) is 11.3. The largest absolute Gasteiger partial charge is 0.494 e. The zero-order chi connectivity index (χ0) is 78.9. The van der Waals surface area contributed by atoms with Crippen LogP contribution in [0.15, 0.2) is 123 Å². The lowest BCUT2D eigenvalue weighted by Crippen LogP contribution is -2.41. The van der Waals surface area contributed by atoms with Crippen LogP contribution in [0.2, 0.25) is 5.02 Å². The summed E-state index contributed by atoms with van der Waals surface area (Å²) in [6.45, 7) is 50.1. The molecule has 2 amide bonds. The van der Waals surface area contributed by atoms with Crippen molar-refractivity contribution in [2.75, 3.05) is 10.5 Å². The molecule has 0 saturated carbocycles. The Morgan fingerprint density at radius 2 is 0.888 bits per heavy atom. The lowest BCUT2D eigenvalue weighted by Gasteiger charge is -2.32. The maximum atomic E-state index is 13.8. The molecule has 572 valence electrons. The van der Waals surface area contributed by atoms with E-state index in [0.717, 1.165) is 65.7 Å². The van der Waals surface area contributed by atoms with Gasteiger partial charge in [-0.05, 0) is 272 Å². The third-order valence-corrected chi connectivity index (χ3v) is 22.1. The lowest BCUT2D eigenvalue weighted by molar-refractivity contribution is -0.0278. The highest BCUT2D eigenvalue weighted by atomic mass is 79.9. The SMILES string of the molecule is CC(=O)c1ccc(B2OC(C)(C)C(C)(C)O2)cc1F.CC(C)Oc1ccc(B2OC(C)(C)C(C)(C)O2)cc1Cl.CC1(C)ON(c2ccc3c(c2)C(=O)NC3)OC1(C)C.CC1(C)ON(c2ccc3c(c2)CNC3=O)OC1(C)C.Cc1nc2ccc(B3OC(C)(C)C(C)(C)O3)cc2o1.Cc1nc2ccc(Br)cc2o1. The van der Waals surface area contributed by atoms with Crippen LogP contribution in [0.5, 0.6) is 5.75 Å². The molecule has 2 aromatic heterocycles. The van der Waals surface area contributed by atoms with Crippen molar-refractivity contribution in [2.24, 2.45) is 0 Å². The number of Topliss-reactive ketones (excluding diaryl/α,β-unsaturated/α-hetero) is 1. The van der Waals surface area contributed by atoms with Crippen LogP contribution in [-0.2, 0) is 60.4 Å². The highest BCUT2D eigenvalue weighted by Crippen LogP contribution is 2.44. The van der Waals surface area contributed by atoms with Gasteiger partial charge in [0.05, 0.1) is 61.7 Å². The topological polar surface area (TPSA) is 235 Å². The number of ether oxygens (including phenoxy) is 1. The van der Waals surface area contributed by atoms with Gasteiger partial charge in [0.1, 0.15) is 45.0 Å². The molecular formula is C79H100B3BrClFN6O16. The Labute approximate surface area is 641 Å². The molecule has 0 radical (unpaired) electrons. The van der Waals surface area contributed by atoms with Crippen molar-refractivity contribution in [2.45, 2.75) is 248 Å². The van der Waals surface area contributed by atoms with E-state index in [2.05, 4.69) is 36.5 Å². The minimum absolute atomic E-state index is 0.0227. The van der Waals surface area contributed by atoms with Crippen molar-refractivity contribution >= 4 is 116 Å². The van der Waals surface area contributed by atoms with Gasteiger partial charge in [0, 0.05) is 42.5 Å². The highest BCUT2D eigenvalue weighted by Gasteiger charge is 2.55. The molecule has 0 spiro atoms. The third-order valence-electron chi connectivity index (χ3n) is 21.4. The summed E-state index contributed by atoms with van der Waals surface area (Å²) < 4.78 is 67.0. The predicted molar refractivity (Wildman–Crippen MR) is 417 cm³/mol. The number of anilines is 2. The second kappa shape index (κ2) is 30.2. The average molecular weight is 1560 g/mol. The summed E-state index contributed by atoms with van der Waals surface area (Å²) in [5.74, 6) is 1.15. The zero-order valence-electron chi connectivity index (χ0n) is 66.1. The van der Waals surface area contributed by atoms with E-state index >= 15 is 0 Å². The number of fused-ring (bicyclic) bond motifs is 4. The summed E-state index contributed by atoms with van der Waals surface area (Å²) in [5.41, 5.74) is 6.82. The molecule has 0 bridgehead atoms. The fraction of sp³-hybridized carbons (Fsp3) is 0.481. The molecule has 0 aliphatic carbocycles. The van der Waals surface area contributed by atoms with E-state index in [-0.39, 0.29) is 58.8 Å². The Kier molecular flexibility index (Phi) is 23.2. The quantitative estimate of drug-likeness (QED) is 0.106. The number of ketones is 1. The Morgan fingerprint density at radius 1 is 0.495 bits per heavy atom. The molecule has 5 saturated heterocycles. The average Bonchev–Trinajstić information content (AvgIpc) is 1.64. The van der Waals surface area contributed by atoms with Gasteiger partial charge in [-0.3, -0.25) is 14.4 Å². The smallest absolute Gasteiger partial charge is 0.489 e. The Bertz CT molecular complexity index is 4570. The molecule has 0 unspecified atom stereocenters. The molecular weight excluding hydrogens is 1460 g/mol. The maximum absolute atomic E-state index is 13.8. The number of hydrogen-bond donors (Lipinski definition) is 2. The number of halogens is 3. The monoisotopic (exact) mass is 1550 g/mol. The predicted octanol–water partition coefficient (Wildman–Crippen LogP) is 15.4. The number of oxazole rings is 2. The molecule has 7 aliphatic heterocycles. The van der Waals surface area contributed by atoms with Gasteiger partial charge in [0.2, 0.25) is 0 Å². The molecule has 9 heterocycles. The minimum atomic E-state index is -0.611. The number of carbonyl (C=O) groups excluding carboxylic acids is 3. The summed E-state index contributed by atoms with van der Waals surface area (Å²) in [5, 5.41) is 9.02. The first-order chi connectivity index (χ1) is 49.4. The first-order valence-electron chi connectivity index (χ1n) is 35.8. The molecule has 0 atom stereocenters. The van der Waals surface area contributed by atoms with Gasteiger partial charge in [-0.25, -0.2) is 33.7 Å².